The number of rotatable bonds is 3. The third-order valence-corrected chi connectivity index (χ3v) is 4.40. The number of benzene rings is 2. The van der Waals surface area contributed by atoms with Crippen molar-refractivity contribution in [1.82, 2.24) is 4.57 Å². The van der Waals surface area contributed by atoms with Crippen molar-refractivity contribution in [1.29, 1.82) is 0 Å². The van der Waals surface area contributed by atoms with Crippen LogP contribution in [0.15, 0.2) is 60.7 Å². The summed E-state index contributed by atoms with van der Waals surface area (Å²) in [5.41, 5.74) is 3.07. The van der Waals surface area contributed by atoms with Crippen LogP contribution in [-0.2, 0) is 6.18 Å². The minimum atomic E-state index is -4.39. The highest BCUT2D eigenvalue weighted by Crippen LogP contribution is 2.38. The van der Waals surface area contributed by atoms with Gasteiger partial charge in [-0.15, -0.1) is 0 Å². The molecule has 0 bridgehead atoms. The van der Waals surface area contributed by atoms with Crippen molar-refractivity contribution in [3.05, 3.63) is 77.5 Å². The maximum Gasteiger partial charge on any atom is 0.417 e. The van der Waals surface area contributed by atoms with E-state index in [4.69, 9.17) is 0 Å². The summed E-state index contributed by atoms with van der Waals surface area (Å²) in [5.74, 6) is 0.408. The lowest BCUT2D eigenvalue weighted by Crippen LogP contribution is -2.09. The average molecular weight is 343 g/mol. The van der Waals surface area contributed by atoms with Crippen LogP contribution >= 0.6 is 0 Å². The molecule has 4 heteroatoms. The van der Waals surface area contributed by atoms with Gasteiger partial charge < -0.3 is 4.57 Å². The predicted molar refractivity (Wildman–Crippen MR) is 95.0 cm³/mol. The first-order valence-corrected chi connectivity index (χ1v) is 8.24. The maximum atomic E-state index is 13.4. The van der Waals surface area contributed by atoms with Gasteiger partial charge in [0.1, 0.15) is 0 Å². The molecule has 0 aliphatic carbocycles. The van der Waals surface area contributed by atoms with Crippen molar-refractivity contribution in [3.8, 4) is 16.9 Å². The van der Waals surface area contributed by atoms with Gasteiger partial charge >= 0.3 is 6.18 Å². The molecule has 2 aromatic carbocycles. The Labute approximate surface area is 145 Å². The lowest BCUT2D eigenvalue weighted by molar-refractivity contribution is -0.137. The van der Waals surface area contributed by atoms with E-state index >= 15 is 0 Å². The highest BCUT2D eigenvalue weighted by atomic mass is 19.4. The van der Waals surface area contributed by atoms with Gasteiger partial charge in [-0.05, 0) is 48.7 Å². The van der Waals surface area contributed by atoms with E-state index in [0.717, 1.165) is 17.4 Å². The number of hydrogen-bond acceptors (Lipinski definition) is 0. The van der Waals surface area contributed by atoms with Crippen molar-refractivity contribution >= 4 is 0 Å². The van der Waals surface area contributed by atoms with E-state index in [9.17, 15) is 13.2 Å². The molecular weight excluding hydrogens is 323 g/mol. The molecule has 0 aliphatic heterocycles. The molecule has 1 nitrogen and oxygen atoms in total. The molecule has 0 fully saturated rings. The number of aryl methyl sites for hydroxylation is 1. The highest BCUT2D eigenvalue weighted by molar-refractivity contribution is 5.68. The van der Waals surface area contributed by atoms with Gasteiger partial charge in [-0.2, -0.15) is 13.2 Å². The van der Waals surface area contributed by atoms with Crippen LogP contribution in [0.1, 0.15) is 36.6 Å². The van der Waals surface area contributed by atoms with Crippen LogP contribution in [0.3, 0.4) is 0 Å². The van der Waals surface area contributed by atoms with Crippen molar-refractivity contribution in [3.63, 3.8) is 0 Å². The fourth-order valence-corrected chi connectivity index (χ4v) is 3.05. The monoisotopic (exact) mass is 343 g/mol. The molecule has 0 atom stereocenters. The smallest absolute Gasteiger partial charge is 0.314 e. The Balaban J connectivity index is 2.16. The molecule has 0 unspecified atom stereocenters. The summed E-state index contributed by atoms with van der Waals surface area (Å²) in [5, 5.41) is 0. The van der Waals surface area contributed by atoms with Crippen LogP contribution in [0.4, 0.5) is 13.2 Å². The zero-order valence-electron chi connectivity index (χ0n) is 14.4. The molecule has 0 N–H and O–H groups in total. The lowest BCUT2D eigenvalue weighted by atomic mass is 10.0. The third-order valence-electron chi connectivity index (χ3n) is 4.40. The molecule has 0 spiro atoms. The molecule has 25 heavy (non-hydrogen) atoms. The lowest BCUT2D eigenvalue weighted by Gasteiger charge is -2.17. The van der Waals surface area contributed by atoms with Gasteiger partial charge in [0.15, 0.2) is 0 Å². The largest absolute Gasteiger partial charge is 0.417 e. The standard InChI is InChI=1S/C21H20F3N/c1-14(2)16-9-11-17(12-10-16)25-15(3)8-13-20(25)18-6-4-5-7-19(18)21(22,23)24/h4-14H,1-3H3. The first kappa shape index (κ1) is 17.3. The van der Waals surface area contributed by atoms with E-state index in [-0.39, 0.29) is 5.56 Å². The van der Waals surface area contributed by atoms with E-state index in [0.29, 0.717) is 11.6 Å². The Morgan fingerprint density at radius 2 is 1.48 bits per heavy atom. The van der Waals surface area contributed by atoms with Crippen molar-refractivity contribution in [2.75, 3.05) is 0 Å². The average Bonchev–Trinajstić information content (AvgIpc) is 2.95. The van der Waals surface area contributed by atoms with Gasteiger partial charge in [0.05, 0.1) is 11.3 Å². The Morgan fingerprint density at radius 3 is 2.08 bits per heavy atom. The van der Waals surface area contributed by atoms with Crippen LogP contribution in [0, 0.1) is 6.92 Å². The number of aromatic nitrogens is 1. The summed E-state index contributed by atoms with van der Waals surface area (Å²) in [6.45, 7) is 6.12. The van der Waals surface area contributed by atoms with Gasteiger partial charge in [0.2, 0.25) is 0 Å². The summed E-state index contributed by atoms with van der Waals surface area (Å²) >= 11 is 0. The van der Waals surface area contributed by atoms with Gasteiger partial charge in [-0.1, -0.05) is 44.2 Å². The number of halogens is 3. The summed E-state index contributed by atoms with van der Waals surface area (Å²) in [6.07, 6.45) is -4.39. The molecule has 0 radical (unpaired) electrons. The molecular formula is C21H20F3N. The molecule has 0 saturated carbocycles. The quantitative estimate of drug-likeness (QED) is 0.505. The zero-order chi connectivity index (χ0) is 18.2. The molecule has 0 saturated heterocycles. The summed E-state index contributed by atoms with van der Waals surface area (Å²) in [7, 11) is 0. The highest BCUT2D eigenvalue weighted by Gasteiger charge is 2.34. The Hall–Kier alpha value is -2.49. The molecule has 0 amide bonds. The number of alkyl halides is 3. The van der Waals surface area contributed by atoms with Crippen LogP contribution in [0.2, 0.25) is 0 Å². The fourth-order valence-electron chi connectivity index (χ4n) is 3.05. The Kier molecular flexibility index (Phi) is 4.46. The van der Waals surface area contributed by atoms with E-state index in [1.807, 2.05) is 41.8 Å². The summed E-state index contributed by atoms with van der Waals surface area (Å²) in [4.78, 5) is 0. The molecule has 0 aliphatic rings. The minimum Gasteiger partial charge on any atom is -0.314 e. The molecule has 3 aromatic rings. The Morgan fingerprint density at radius 1 is 0.840 bits per heavy atom. The predicted octanol–water partition coefficient (Wildman–Crippen LogP) is 6.59. The topological polar surface area (TPSA) is 4.93 Å². The minimum absolute atomic E-state index is 0.191. The first-order chi connectivity index (χ1) is 11.8. The van der Waals surface area contributed by atoms with Gasteiger partial charge in [-0.3, -0.25) is 0 Å². The number of nitrogens with zero attached hydrogens (tertiary/aromatic N) is 1. The fraction of sp³-hybridized carbons (Fsp3) is 0.238. The molecule has 130 valence electrons. The van der Waals surface area contributed by atoms with Crippen LogP contribution in [-0.4, -0.2) is 4.57 Å². The molecule has 3 rings (SSSR count). The number of hydrogen-bond donors (Lipinski definition) is 0. The van der Waals surface area contributed by atoms with E-state index < -0.39 is 11.7 Å². The van der Waals surface area contributed by atoms with Crippen LogP contribution in [0.25, 0.3) is 16.9 Å². The summed E-state index contributed by atoms with van der Waals surface area (Å²) < 4.78 is 42.1. The Bertz CT molecular complexity index is 871. The SMILES string of the molecule is Cc1ccc(-c2ccccc2C(F)(F)F)n1-c1ccc(C(C)C)cc1. The van der Waals surface area contributed by atoms with E-state index in [2.05, 4.69) is 13.8 Å². The van der Waals surface area contributed by atoms with Crippen LogP contribution in [0.5, 0.6) is 0 Å². The second-order valence-electron chi connectivity index (χ2n) is 6.48. The van der Waals surface area contributed by atoms with E-state index in [1.165, 1.54) is 17.7 Å². The van der Waals surface area contributed by atoms with Gasteiger partial charge in [0.25, 0.3) is 0 Å². The first-order valence-electron chi connectivity index (χ1n) is 8.24. The zero-order valence-corrected chi connectivity index (χ0v) is 14.4. The van der Waals surface area contributed by atoms with E-state index in [1.54, 1.807) is 12.1 Å². The molecule has 1 heterocycles. The van der Waals surface area contributed by atoms with Crippen LogP contribution < -0.4 is 0 Å². The molecule has 1 aromatic heterocycles. The van der Waals surface area contributed by atoms with Crippen molar-refractivity contribution in [2.45, 2.75) is 32.9 Å². The van der Waals surface area contributed by atoms with Crippen molar-refractivity contribution in [2.24, 2.45) is 0 Å². The van der Waals surface area contributed by atoms with Gasteiger partial charge in [0, 0.05) is 16.9 Å². The maximum absolute atomic E-state index is 13.4. The van der Waals surface area contributed by atoms with Gasteiger partial charge in [-0.25, -0.2) is 0 Å². The third kappa shape index (κ3) is 3.34. The normalized spacial score (nSPS) is 12.0. The second kappa shape index (κ2) is 6.43. The second-order valence-corrected chi connectivity index (χ2v) is 6.48. The summed E-state index contributed by atoms with van der Waals surface area (Å²) in [6, 6.07) is 17.3. The van der Waals surface area contributed by atoms with Crippen molar-refractivity contribution < 1.29 is 13.2 Å².